The molecule has 0 fully saturated rings. The van der Waals surface area contributed by atoms with Crippen molar-refractivity contribution in [3.8, 4) is 16.9 Å². The van der Waals surface area contributed by atoms with Crippen LogP contribution in [0.15, 0.2) is 79.1 Å². The number of hydrogen-bond donors (Lipinski definition) is 0. The van der Waals surface area contributed by atoms with Gasteiger partial charge in [-0.3, -0.25) is 0 Å². The molecule has 0 spiro atoms. The molecular formula is C22H15ClO5. The van der Waals surface area contributed by atoms with Crippen LogP contribution in [0.3, 0.4) is 0 Å². The third-order valence-electron chi connectivity index (χ3n) is 4.19. The average molecular weight is 395 g/mol. The molecule has 28 heavy (non-hydrogen) atoms. The Hall–Kier alpha value is -3.31. The van der Waals surface area contributed by atoms with E-state index in [2.05, 4.69) is 6.58 Å². The van der Waals surface area contributed by atoms with E-state index in [4.69, 9.17) is 25.2 Å². The molecule has 4 rings (SSSR count). The molecule has 0 aliphatic carbocycles. The number of hydrogen-bond acceptors (Lipinski definition) is 5. The van der Waals surface area contributed by atoms with Crippen LogP contribution in [-0.4, -0.2) is 6.61 Å². The Labute approximate surface area is 164 Å². The highest BCUT2D eigenvalue weighted by molar-refractivity contribution is 6.31. The van der Waals surface area contributed by atoms with Crippen molar-refractivity contribution >= 4 is 33.5 Å². The highest BCUT2D eigenvalue weighted by atomic mass is 35.5. The lowest BCUT2D eigenvalue weighted by molar-refractivity contribution is 0.352. The summed E-state index contributed by atoms with van der Waals surface area (Å²) in [6, 6.07) is 13.0. The van der Waals surface area contributed by atoms with E-state index >= 15 is 0 Å². The second-order valence-electron chi connectivity index (χ2n) is 6.51. The van der Waals surface area contributed by atoms with Crippen LogP contribution in [0.2, 0.25) is 5.02 Å². The zero-order valence-corrected chi connectivity index (χ0v) is 15.7. The molecule has 5 nitrogen and oxygen atoms in total. The summed E-state index contributed by atoms with van der Waals surface area (Å²) in [6.07, 6.45) is 0. The minimum Gasteiger partial charge on any atom is -0.489 e. The van der Waals surface area contributed by atoms with Gasteiger partial charge in [0.05, 0.1) is 5.56 Å². The molecule has 0 saturated heterocycles. The summed E-state index contributed by atoms with van der Waals surface area (Å²) in [5, 5.41) is 1.77. The first kappa shape index (κ1) is 18.1. The summed E-state index contributed by atoms with van der Waals surface area (Å²) in [6.45, 7) is 5.99. The normalized spacial score (nSPS) is 11.1. The summed E-state index contributed by atoms with van der Waals surface area (Å²) < 4.78 is 16.3. The topological polar surface area (TPSA) is 69.7 Å². The van der Waals surface area contributed by atoms with Crippen LogP contribution in [0.5, 0.6) is 5.75 Å². The standard InChI is InChI=1S/C22H15ClO5/c1-12(2)11-26-15-4-5-16-17(10-21(24)27-20(16)9-15)18-8-13-7-14(23)3-6-19(13)28-22(18)25/h3-10H,1,11H2,2H3. The van der Waals surface area contributed by atoms with Gasteiger partial charge < -0.3 is 13.6 Å². The lowest BCUT2D eigenvalue weighted by Gasteiger charge is -2.09. The minimum absolute atomic E-state index is 0.253. The largest absolute Gasteiger partial charge is 0.489 e. The number of ether oxygens (including phenoxy) is 1. The number of fused-ring (bicyclic) bond motifs is 2. The molecule has 0 atom stereocenters. The zero-order valence-electron chi connectivity index (χ0n) is 15.0. The van der Waals surface area contributed by atoms with Gasteiger partial charge in [0.2, 0.25) is 0 Å². The van der Waals surface area contributed by atoms with Crippen molar-refractivity contribution in [2.75, 3.05) is 6.61 Å². The van der Waals surface area contributed by atoms with E-state index < -0.39 is 11.3 Å². The van der Waals surface area contributed by atoms with E-state index in [0.717, 1.165) is 5.57 Å². The van der Waals surface area contributed by atoms with Gasteiger partial charge in [-0.1, -0.05) is 18.2 Å². The zero-order chi connectivity index (χ0) is 19.8. The van der Waals surface area contributed by atoms with Crippen molar-refractivity contribution in [2.45, 2.75) is 6.92 Å². The number of benzene rings is 2. The lowest BCUT2D eigenvalue weighted by Crippen LogP contribution is -2.06. The van der Waals surface area contributed by atoms with Crippen LogP contribution in [0.1, 0.15) is 6.92 Å². The molecule has 0 aliphatic heterocycles. The van der Waals surface area contributed by atoms with E-state index in [-0.39, 0.29) is 5.56 Å². The first-order valence-electron chi connectivity index (χ1n) is 8.49. The Kier molecular flexibility index (Phi) is 4.53. The van der Waals surface area contributed by atoms with E-state index in [1.54, 1.807) is 42.5 Å². The van der Waals surface area contributed by atoms with Gasteiger partial charge in [0.25, 0.3) is 0 Å². The maximum absolute atomic E-state index is 12.6. The molecular weight excluding hydrogens is 380 g/mol. The monoisotopic (exact) mass is 394 g/mol. The van der Waals surface area contributed by atoms with Crippen molar-refractivity contribution in [3.63, 3.8) is 0 Å². The maximum Gasteiger partial charge on any atom is 0.344 e. The third kappa shape index (κ3) is 3.44. The molecule has 0 bridgehead atoms. The van der Waals surface area contributed by atoms with Crippen LogP contribution in [-0.2, 0) is 0 Å². The Balaban J connectivity index is 1.92. The molecule has 2 aromatic heterocycles. The van der Waals surface area contributed by atoms with E-state index in [9.17, 15) is 9.59 Å². The molecule has 0 N–H and O–H groups in total. The van der Waals surface area contributed by atoms with Crippen molar-refractivity contribution < 1.29 is 13.6 Å². The molecule has 4 aromatic rings. The second kappa shape index (κ2) is 7.02. The summed E-state index contributed by atoms with van der Waals surface area (Å²) in [4.78, 5) is 24.7. The fourth-order valence-corrected chi connectivity index (χ4v) is 3.12. The second-order valence-corrected chi connectivity index (χ2v) is 6.95. The predicted molar refractivity (Wildman–Crippen MR) is 109 cm³/mol. The SMILES string of the molecule is C=C(C)COc1ccc2c(-c3cc4cc(Cl)ccc4oc3=O)cc(=O)oc2c1. The van der Waals surface area contributed by atoms with Crippen molar-refractivity contribution in [1.29, 1.82) is 0 Å². The summed E-state index contributed by atoms with van der Waals surface area (Å²) >= 11 is 6.04. The van der Waals surface area contributed by atoms with Gasteiger partial charge in [0.1, 0.15) is 23.5 Å². The van der Waals surface area contributed by atoms with Gasteiger partial charge in [-0.15, -0.1) is 0 Å². The van der Waals surface area contributed by atoms with Crippen LogP contribution in [0, 0.1) is 0 Å². The summed E-state index contributed by atoms with van der Waals surface area (Å²) in [7, 11) is 0. The molecule has 2 aromatic carbocycles. The Morgan fingerprint density at radius 1 is 1.00 bits per heavy atom. The summed E-state index contributed by atoms with van der Waals surface area (Å²) in [5.74, 6) is 0.535. The Morgan fingerprint density at radius 2 is 1.82 bits per heavy atom. The molecule has 0 aliphatic rings. The minimum atomic E-state index is -0.579. The van der Waals surface area contributed by atoms with Crippen LogP contribution < -0.4 is 16.0 Å². The van der Waals surface area contributed by atoms with Crippen LogP contribution >= 0.6 is 11.6 Å². The van der Waals surface area contributed by atoms with E-state index in [1.165, 1.54) is 6.07 Å². The van der Waals surface area contributed by atoms with Crippen LogP contribution in [0.4, 0.5) is 0 Å². The Morgan fingerprint density at radius 3 is 2.61 bits per heavy atom. The van der Waals surface area contributed by atoms with Crippen molar-refractivity contribution in [3.05, 3.63) is 86.5 Å². The molecule has 0 radical (unpaired) electrons. The first-order chi connectivity index (χ1) is 13.4. The van der Waals surface area contributed by atoms with Crippen molar-refractivity contribution in [2.24, 2.45) is 0 Å². The quantitative estimate of drug-likeness (QED) is 0.352. The molecule has 6 heteroatoms. The number of rotatable bonds is 4. The van der Waals surface area contributed by atoms with Gasteiger partial charge in [-0.25, -0.2) is 9.59 Å². The van der Waals surface area contributed by atoms with Crippen molar-refractivity contribution in [1.82, 2.24) is 0 Å². The molecule has 0 saturated carbocycles. The van der Waals surface area contributed by atoms with Gasteiger partial charge in [0.15, 0.2) is 0 Å². The third-order valence-corrected chi connectivity index (χ3v) is 4.42. The number of halogens is 1. The van der Waals surface area contributed by atoms with Gasteiger partial charge in [-0.2, -0.15) is 0 Å². The molecule has 0 unspecified atom stereocenters. The molecule has 2 heterocycles. The van der Waals surface area contributed by atoms with Gasteiger partial charge in [0, 0.05) is 33.5 Å². The van der Waals surface area contributed by atoms with Crippen LogP contribution in [0.25, 0.3) is 33.1 Å². The van der Waals surface area contributed by atoms with E-state index in [0.29, 0.717) is 44.9 Å². The fraction of sp³-hybridized carbons (Fsp3) is 0.0909. The molecule has 0 amide bonds. The summed E-state index contributed by atoms with van der Waals surface area (Å²) in [5.41, 5.74) is 1.14. The van der Waals surface area contributed by atoms with Gasteiger partial charge in [-0.05, 0) is 48.9 Å². The molecule has 140 valence electrons. The highest BCUT2D eigenvalue weighted by Crippen LogP contribution is 2.30. The lowest BCUT2D eigenvalue weighted by atomic mass is 10.0. The van der Waals surface area contributed by atoms with E-state index in [1.807, 2.05) is 6.92 Å². The average Bonchev–Trinajstić information content (AvgIpc) is 2.65. The Bertz CT molecular complexity index is 1350. The smallest absolute Gasteiger partial charge is 0.344 e. The van der Waals surface area contributed by atoms with Gasteiger partial charge >= 0.3 is 11.3 Å². The highest BCUT2D eigenvalue weighted by Gasteiger charge is 2.14. The maximum atomic E-state index is 12.6. The first-order valence-corrected chi connectivity index (χ1v) is 8.87. The fourth-order valence-electron chi connectivity index (χ4n) is 2.94. The predicted octanol–water partition coefficient (Wildman–Crippen LogP) is 5.17.